The molecule has 1 aliphatic carbocycles. The first-order valence-electron chi connectivity index (χ1n) is 5.31. The van der Waals surface area contributed by atoms with Gasteiger partial charge in [0.15, 0.2) is 0 Å². The van der Waals surface area contributed by atoms with Gasteiger partial charge in [0.25, 0.3) is 0 Å². The quantitative estimate of drug-likeness (QED) is 0.757. The maximum Gasteiger partial charge on any atom is 0.211 e. The second-order valence-electron chi connectivity index (χ2n) is 3.91. The molecule has 0 saturated heterocycles. The lowest BCUT2D eigenvalue weighted by Gasteiger charge is -2.15. The summed E-state index contributed by atoms with van der Waals surface area (Å²) in [6, 6.07) is 10.3. The zero-order valence-corrected chi connectivity index (χ0v) is 8.73. The Morgan fingerprint density at radius 3 is 3.00 bits per heavy atom. The molecule has 2 aromatic rings. The summed E-state index contributed by atoms with van der Waals surface area (Å²) >= 11 is 0. The Kier molecular flexibility index (Phi) is 2.00. The minimum absolute atomic E-state index is 0.725. The molecule has 1 amide bonds. The number of carbonyl (C=O) groups excluding carboxylic acids is 1. The van der Waals surface area contributed by atoms with Gasteiger partial charge in [-0.3, -0.25) is 4.79 Å². The summed E-state index contributed by atoms with van der Waals surface area (Å²) in [6.45, 7) is 0. The molecule has 1 aliphatic rings. The highest BCUT2D eigenvalue weighted by Crippen LogP contribution is 2.33. The van der Waals surface area contributed by atoms with Crippen LogP contribution in [0.15, 0.2) is 36.4 Å². The number of benzene rings is 2. The fourth-order valence-corrected chi connectivity index (χ4v) is 2.32. The van der Waals surface area contributed by atoms with Crippen LogP contribution in [0.3, 0.4) is 0 Å². The molecule has 2 heteroatoms. The smallest absolute Gasteiger partial charge is 0.211 e. The molecule has 0 aromatic heterocycles. The first-order valence-corrected chi connectivity index (χ1v) is 5.31. The Bertz CT molecular complexity index is 599. The van der Waals surface area contributed by atoms with Crippen LogP contribution in [0.2, 0.25) is 0 Å². The maximum atomic E-state index is 10.5. The molecule has 0 heterocycles. The summed E-state index contributed by atoms with van der Waals surface area (Å²) in [4.78, 5) is 10.5. The van der Waals surface area contributed by atoms with Crippen LogP contribution in [0.4, 0.5) is 5.69 Å². The van der Waals surface area contributed by atoms with Gasteiger partial charge in [-0.25, -0.2) is 0 Å². The van der Waals surface area contributed by atoms with E-state index in [4.69, 9.17) is 0 Å². The summed E-state index contributed by atoms with van der Waals surface area (Å²) in [6.07, 6.45) is 5.91. The largest absolute Gasteiger partial charge is 0.328 e. The molecule has 0 fully saturated rings. The van der Waals surface area contributed by atoms with E-state index in [1.807, 2.05) is 12.1 Å². The van der Waals surface area contributed by atoms with E-state index in [0.717, 1.165) is 24.1 Å². The van der Waals surface area contributed by atoms with E-state index in [1.165, 1.54) is 16.3 Å². The van der Waals surface area contributed by atoms with Crippen molar-refractivity contribution in [2.24, 2.45) is 0 Å². The van der Waals surface area contributed by atoms with E-state index in [9.17, 15) is 4.79 Å². The monoisotopic (exact) mass is 209 g/mol. The number of amides is 1. The second-order valence-corrected chi connectivity index (χ2v) is 3.91. The Morgan fingerprint density at radius 1 is 1.19 bits per heavy atom. The Labute approximate surface area is 93.6 Å². The number of rotatable bonds is 2. The third kappa shape index (κ3) is 1.23. The lowest BCUT2D eigenvalue weighted by Crippen LogP contribution is -2.00. The van der Waals surface area contributed by atoms with Gasteiger partial charge in [-0.15, -0.1) is 0 Å². The molecule has 2 aromatic carbocycles. The van der Waals surface area contributed by atoms with E-state index in [2.05, 4.69) is 35.7 Å². The summed E-state index contributed by atoms with van der Waals surface area (Å²) in [5, 5.41) is 5.24. The van der Waals surface area contributed by atoms with Crippen LogP contribution in [-0.4, -0.2) is 6.41 Å². The second kappa shape index (κ2) is 3.49. The topological polar surface area (TPSA) is 29.1 Å². The van der Waals surface area contributed by atoms with Gasteiger partial charge in [-0.1, -0.05) is 36.4 Å². The summed E-state index contributed by atoms with van der Waals surface area (Å²) in [7, 11) is 0. The number of hydrogen-bond acceptors (Lipinski definition) is 1. The molecule has 2 nitrogen and oxygen atoms in total. The summed E-state index contributed by atoms with van der Waals surface area (Å²) in [5.74, 6) is 0. The summed E-state index contributed by atoms with van der Waals surface area (Å²) in [5.41, 5.74) is 3.32. The molecule has 0 spiro atoms. The van der Waals surface area contributed by atoms with Gasteiger partial charge >= 0.3 is 0 Å². The third-order valence-electron chi connectivity index (χ3n) is 3.01. The van der Waals surface area contributed by atoms with E-state index in [-0.39, 0.29) is 0 Å². The van der Waals surface area contributed by atoms with Crippen LogP contribution in [0, 0.1) is 0 Å². The van der Waals surface area contributed by atoms with Crippen LogP contribution in [0.25, 0.3) is 16.8 Å². The SMILES string of the molecule is O=CNc1ccc2cccc3c2c1C=CC3. The Hall–Kier alpha value is -2.09. The van der Waals surface area contributed by atoms with Crippen molar-refractivity contribution >= 4 is 28.9 Å². The van der Waals surface area contributed by atoms with E-state index in [0.29, 0.717) is 0 Å². The molecule has 0 radical (unpaired) electrons. The highest BCUT2D eigenvalue weighted by atomic mass is 16.1. The van der Waals surface area contributed by atoms with Crippen molar-refractivity contribution in [2.75, 3.05) is 5.32 Å². The van der Waals surface area contributed by atoms with E-state index in [1.54, 1.807) is 0 Å². The molecule has 3 rings (SSSR count). The van der Waals surface area contributed by atoms with E-state index < -0.39 is 0 Å². The molecule has 0 aliphatic heterocycles. The van der Waals surface area contributed by atoms with Gasteiger partial charge in [0.05, 0.1) is 0 Å². The number of carbonyl (C=O) groups is 1. The molecular formula is C14H11NO. The van der Waals surface area contributed by atoms with Crippen LogP contribution in [-0.2, 0) is 11.2 Å². The van der Waals surface area contributed by atoms with Crippen molar-refractivity contribution in [1.29, 1.82) is 0 Å². The number of anilines is 1. The van der Waals surface area contributed by atoms with Crippen molar-refractivity contribution in [3.05, 3.63) is 47.5 Å². The highest BCUT2D eigenvalue weighted by Gasteiger charge is 2.11. The van der Waals surface area contributed by atoms with Gasteiger partial charge in [0.2, 0.25) is 6.41 Å². The molecule has 0 atom stereocenters. The van der Waals surface area contributed by atoms with Gasteiger partial charge < -0.3 is 5.32 Å². The van der Waals surface area contributed by atoms with Crippen molar-refractivity contribution in [2.45, 2.75) is 6.42 Å². The molecule has 78 valence electrons. The predicted octanol–water partition coefficient (Wildman–Crippen LogP) is 2.98. The number of allylic oxidation sites excluding steroid dienone is 1. The fraction of sp³-hybridized carbons (Fsp3) is 0.0714. The Balaban J connectivity index is 2.39. The molecular weight excluding hydrogens is 198 g/mol. The fourth-order valence-electron chi connectivity index (χ4n) is 2.32. The van der Waals surface area contributed by atoms with Crippen LogP contribution >= 0.6 is 0 Å². The van der Waals surface area contributed by atoms with Crippen molar-refractivity contribution < 1.29 is 4.79 Å². The average Bonchev–Trinajstić information content (AvgIpc) is 2.33. The van der Waals surface area contributed by atoms with Gasteiger partial charge in [-0.05, 0) is 28.8 Å². The molecule has 0 bridgehead atoms. The van der Waals surface area contributed by atoms with Gasteiger partial charge in [0, 0.05) is 11.3 Å². The molecule has 1 N–H and O–H groups in total. The van der Waals surface area contributed by atoms with Crippen LogP contribution in [0.1, 0.15) is 11.1 Å². The van der Waals surface area contributed by atoms with E-state index >= 15 is 0 Å². The van der Waals surface area contributed by atoms with Crippen LogP contribution in [0.5, 0.6) is 0 Å². The van der Waals surface area contributed by atoms with Crippen molar-refractivity contribution in [3.8, 4) is 0 Å². The molecule has 0 unspecified atom stereocenters. The third-order valence-corrected chi connectivity index (χ3v) is 3.01. The van der Waals surface area contributed by atoms with Gasteiger partial charge in [0.1, 0.15) is 0 Å². The minimum atomic E-state index is 0.725. The highest BCUT2D eigenvalue weighted by molar-refractivity contribution is 6.00. The number of nitrogens with one attached hydrogen (secondary N) is 1. The molecule has 16 heavy (non-hydrogen) atoms. The zero-order chi connectivity index (χ0) is 11.0. The standard InChI is InChI=1S/C14H11NO/c16-9-15-13-8-7-11-4-1-3-10-5-2-6-12(13)14(10)11/h1-4,6-9H,5H2,(H,15,16). The van der Waals surface area contributed by atoms with Crippen LogP contribution < -0.4 is 5.32 Å². The number of hydrogen-bond donors (Lipinski definition) is 1. The van der Waals surface area contributed by atoms with Gasteiger partial charge in [-0.2, -0.15) is 0 Å². The Morgan fingerprint density at radius 2 is 2.12 bits per heavy atom. The lowest BCUT2D eigenvalue weighted by molar-refractivity contribution is -0.105. The normalized spacial score (nSPS) is 12.8. The van der Waals surface area contributed by atoms with Crippen molar-refractivity contribution in [1.82, 2.24) is 0 Å². The first kappa shape index (κ1) is 9.16. The predicted molar refractivity (Wildman–Crippen MR) is 66.4 cm³/mol. The maximum absolute atomic E-state index is 10.5. The minimum Gasteiger partial charge on any atom is -0.328 e. The lowest BCUT2D eigenvalue weighted by atomic mass is 9.92. The summed E-state index contributed by atoms with van der Waals surface area (Å²) < 4.78 is 0. The first-order chi connectivity index (χ1) is 7.90. The molecule has 0 saturated carbocycles. The van der Waals surface area contributed by atoms with Crippen molar-refractivity contribution in [3.63, 3.8) is 0 Å². The average molecular weight is 209 g/mol. The zero-order valence-electron chi connectivity index (χ0n) is 8.73.